The number of piperidine rings is 1. The summed E-state index contributed by atoms with van der Waals surface area (Å²) in [5.74, 6) is -1.48. The Kier molecular flexibility index (Phi) is 5.71. The maximum Gasteiger partial charge on any atom is 0.307 e. The number of benzene rings is 1. The molecule has 21 heavy (non-hydrogen) atoms. The Labute approximate surface area is 123 Å². The van der Waals surface area contributed by atoms with Crippen LogP contribution in [-0.4, -0.2) is 42.8 Å². The van der Waals surface area contributed by atoms with E-state index in [0.717, 1.165) is 5.56 Å². The lowest BCUT2D eigenvalue weighted by Crippen LogP contribution is -2.44. The van der Waals surface area contributed by atoms with Crippen LogP contribution < -0.4 is 10.6 Å². The fraction of sp³-hybridized carbons (Fsp3) is 0.467. The number of nitrogens with one attached hydrogen (secondary N) is 2. The number of ether oxygens (including phenoxy) is 1. The second-order valence-corrected chi connectivity index (χ2v) is 5.12. The minimum atomic E-state index is -0.829. The number of hydrogen-bond acceptors (Lipinski definition) is 4. The number of rotatable bonds is 6. The predicted octanol–water partition coefficient (Wildman–Crippen LogP) is 0.382. The van der Waals surface area contributed by atoms with Crippen molar-refractivity contribution in [1.29, 1.82) is 0 Å². The van der Waals surface area contributed by atoms with Gasteiger partial charge in [0.2, 0.25) is 5.91 Å². The average Bonchev–Trinajstić information content (AvgIpc) is 2.52. The first kappa shape index (κ1) is 15.5. The normalized spacial score (nSPS) is 21.7. The molecule has 2 rings (SSSR count). The molecule has 114 valence electrons. The zero-order chi connectivity index (χ0) is 15.1. The topological polar surface area (TPSA) is 87.7 Å². The van der Waals surface area contributed by atoms with E-state index in [2.05, 4.69) is 10.6 Å². The van der Waals surface area contributed by atoms with Crippen LogP contribution in [0.15, 0.2) is 30.3 Å². The summed E-state index contributed by atoms with van der Waals surface area (Å²) in [6.45, 7) is 1.44. The molecular formula is C15H20N2O4. The Hall–Kier alpha value is -1.92. The molecule has 6 nitrogen and oxygen atoms in total. The van der Waals surface area contributed by atoms with Gasteiger partial charge in [-0.25, -0.2) is 0 Å². The Morgan fingerprint density at radius 1 is 1.29 bits per heavy atom. The first-order valence-electron chi connectivity index (χ1n) is 7.01. The van der Waals surface area contributed by atoms with Gasteiger partial charge in [-0.3, -0.25) is 9.59 Å². The number of carboxylic acids is 1. The van der Waals surface area contributed by atoms with Crippen molar-refractivity contribution in [2.45, 2.75) is 19.1 Å². The molecule has 2 unspecified atom stereocenters. The third-order valence-corrected chi connectivity index (χ3v) is 3.44. The highest BCUT2D eigenvalue weighted by atomic mass is 16.5. The zero-order valence-corrected chi connectivity index (χ0v) is 11.7. The summed E-state index contributed by atoms with van der Waals surface area (Å²) in [7, 11) is 0. The Bertz CT molecular complexity index is 478. The molecule has 2 atom stereocenters. The van der Waals surface area contributed by atoms with Gasteiger partial charge in [-0.1, -0.05) is 30.3 Å². The van der Waals surface area contributed by atoms with Gasteiger partial charge in [0.1, 0.15) is 6.61 Å². The Morgan fingerprint density at radius 3 is 2.76 bits per heavy atom. The first-order chi connectivity index (χ1) is 10.1. The van der Waals surface area contributed by atoms with Crippen molar-refractivity contribution in [1.82, 2.24) is 10.6 Å². The van der Waals surface area contributed by atoms with Crippen molar-refractivity contribution in [3.63, 3.8) is 0 Å². The molecule has 0 saturated carbocycles. The molecule has 1 aromatic carbocycles. The second kappa shape index (κ2) is 7.75. The molecule has 6 heteroatoms. The SMILES string of the molecule is O=C(COC1CNCC(C(=O)O)C1)NCc1ccccc1. The van der Waals surface area contributed by atoms with E-state index < -0.39 is 11.9 Å². The molecule has 1 heterocycles. The summed E-state index contributed by atoms with van der Waals surface area (Å²) in [6.07, 6.45) is 0.205. The van der Waals surface area contributed by atoms with Crippen molar-refractivity contribution in [2.24, 2.45) is 5.92 Å². The van der Waals surface area contributed by atoms with Crippen molar-refractivity contribution in [3.8, 4) is 0 Å². The van der Waals surface area contributed by atoms with Crippen LogP contribution in [0, 0.1) is 5.92 Å². The summed E-state index contributed by atoms with van der Waals surface area (Å²) < 4.78 is 5.48. The quantitative estimate of drug-likeness (QED) is 0.705. The largest absolute Gasteiger partial charge is 0.481 e. The van der Waals surface area contributed by atoms with Crippen LogP contribution in [0.3, 0.4) is 0 Å². The third kappa shape index (κ3) is 5.17. The van der Waals surface area contributed by atoms with E-state index in [0.29, 0.717) is 26.1 Å². The minimum absolute atomic E-state index is 0.0501. The fourth-order valence-corrected chi connectivity index (χ4v) is 2.26. The van der Waals surface area contributed by atoms with Gasteiger partial charge >= 0.3 is 5.97 Å². The molecule has 1 saturated heterocycles. The van der Waals surface area contributed by atoms with Crippen LogP contribution in [0.4, 0.5) is 0 Å². The molecule has 1 aliphatic rings. The van der Waals surface area contributed by atoms with Crippen LogP contribution in [0.2, 0.25) is 0 Å². The number of hydrogen-bond donors (Lipinski definition) is 3. The van der Waals surface area contributed by atoms with Crippen LogP contribution in [-0.2, 0) is 20.9 Å². The number of carboxylic acid groups (broad SMARTS) is 1. The highest BCUT2D eigenvalue weighted by Gasteiger charge is 2.27. The third-order valence-electron chi connectivity index (χ3n) is 3.44. The maximum absolute atomic E-state index is 11.7. The Morgan fingerprint density at radius 2 is 2.05 bits per heavy atom. The van der Waals surface area contributed by atoms with E-state index in [1.54, 1.807) is 0 Å². The van der Waals surface area contributed by atoms with Crippen LogP contribution in [0.5, 0.6) is 0 Å². The second-order valence-electron chi connectivity index (χ2n) is 5.12. The molecule has 0 spiro atoms. The van der Waals surface area contributed by atoms with Gasteiger partial charge in [0.15, 0.2) is 0 Å². The van der Waals surface area contributed by atoms with Crippen LogP contribution in [0.1, 0.15) is 12.0 Å². The molecule has 3 N–H and O–H groups in total. The predicted molar refractivity (Wildman–Crippen MR) is 76.6 cm³/mol. The highest BCUT2D eigenvalue weighted by Crippen LogP contribution is 2.13. The maximum atomic E-state index is 11.7. The smallest absolute Gasteiger partial charge is 0.307 e. The molecule has 0 bridgehead atoms. The number of aliphatic carboxylic acids is 1. The highest BCUT2D eigenvalue weighted by molar-refractivity contribution is 5.77. The summed E-state index contributed by atoms with van der Waals surface area (Å²) in [5.41, 5.74) is 1.02. The van der Waals surface area contributed by atoms with Gasteiger partial charge in [0.05, 0.1) is 12.0 Å². The zero-order valence-electron chi connectivity index (χ0n) is 11.7. The van der Waals surface area contributed by atoms with Crippen LogP contribution in [0.25, 0.3) is 0 Å². The molecule has 1 aromatic rings. The van der Waals surface area contributed by atoms with Gasteiger partial charge in [-0.2, -0.15) is 0 Å². The lowest BCUT2D eigenvalue weighted by molar-refractivity contribution is -0.144. The van der Waals surface area contributed by atoms with Crippen molar-refractivity contribution in [3.05, 3.63) is 35.9 Å². The molecule has 1 aliphatic heterocycles. The average molecular weight is 292 g/mol. The Balaban J connectivity index is 1.68. The van der Waals surface area contributed by atoms with Gasteiger partial charge in [0.25, 0.3) is 0 Å². The lowest BCUT2D eigenvalue weighted by atomic mass is 9.98. The van der Waals surface area contributed by atoms with Crippen molar-refractivity contribution >= 4 is 11.9 Å². The monoisotopic (exact) mass is 292 g/mol. The minimum Gasteiger partial charge on any atom is -0.481 e. The van der Waals surface area contributed by atoms with E-state index in [1.165, 1.54) is 0 Å². The number of amides is 1. The van der Waals surface area contributed by atoms with E-state index in [4.69, 9.17) is 9.84 Å². The molecule has 0 aliphatic carbocycles. The molecule has 0 aromatic heterocycles. The lowest BCUT2D eigenvalue weighted by Gasteiger charge is -2.27. The van der Waals surface area contributed by atoms with Gasteiger partial charge < -0.3 is 20.5 Å². The standard InChI is InChI=1S/C15H20N2O4/c18-14(17-7-11-4-2-1-3-5-11)10-21-13-6-12(15(19)20)8-16-9-13/h1-5,12-13,16H,6-10H2,(H,17,18)(H,19,20). The molecular weight excluding hydrogens is 272 g/mol. The molecule has 1 amide bonds. The molecule has 0 radical (unpaired) electrons. The summed E-state index contributed by atoms with van der Waals surface area (Å²) in [5, 5.41) is 14.8. The van der Waals surface area contributed by atoms with Crippen molar-refractivity contribution < 1.29 is 19.4 Å². The number of carbonyl (C=O) groups excluding carboxylic acids is 1. The fourth-order valence-electron chi connectivity index (χ4n) is 2.26. The van der Waals surface area contributed by atoms with E-state index in [-0.39, 0.29) is 18.6 Å². The van der Waals surface area contributed by atoms with E-state index >= 15 is 0 Å². The van der Waals surface area contributed by atoms with Crippen LogP contribution >= 0.6 is 0 Å². The molecule has 1 fully saturated rings. The summed E-state index contributed by atoms with van der Waals surface area (Å²) >= 11 is 0. The van der Waals surface area contributed by atoms with Crippen molar-refractivity contribution in [2.75, 3.05) is 19.7 Å². The van der Waals surface area contributed by atoms with Gasteiger partial charge in [0, 0.05) is 19.6 Å². The van der Waals surface area contributed by atoms with E-state index in [1.807, 2.05) is 30.3 Å². The number of carbonyl (C=O) groups is 2. The first-order valence-corrected chi connectivity index (χ1v) is 7.01. The van der Waals surface area contributed by atoms with Gasteiger partial charge in [-0.15, -0.1) is 0 Å². The summed E-state index contributed by atoms with van der Waals surface area (Å²) in [4.78, 5) is 22.6. The van der Waals surface area contributed by atoms with Gasteiger partial charge in [-0.05, 0) is 12.0 Å². The van der Waals surface area contributed by atoms with E-state index in [9.17, 15) is 9.59 Å². The summed E-state index contributed by atoms with van der Waals surface area (Å²) in [6, 6.07) is 9.62.